The standard InChI is InChI=1S/C73H142O17P2/c1-8-9-10-11-12-23-33-40-47-54-70(75)83-60-69(90-73(78)57-50-43-36-29-28-32-39-46-53-66(6)7)63-88-92(81,82)86-59-67(74)58-85-91(79,80)87-62-68(89-72(77)56-49-42-35-27-22-18-14-16-20-25-31-38-45-52-65(4)5)61-84-71(76)55-48-41-34-26-21-17-13-15-19-24-30-37-44-51-64(2)3/h64-69,74H,8-63H2,1-7H3,(H,79,80)(H,81,82)/t67-,68-,69-/m1/s1. The van der Waals surface area contributed by atoms with Gasteiger partial charge in [0.05, 0.1) is 26.4 Å². The second kappa shape index (κ2) is 63.8. The molecule has 92 heavy (non-hydrogen) atoms. The van der Waals surface area contributed by atoms with Gasteiger partial charge in [0.2, 0.25) is 0 Å². The number of ether oxygens (including phenoxy) is 4. The average molecular weight is 1350 g/mol. The Morgan fingerprint density at radius 1 is 0.293 bits per heavy atom. The Hall–Kier alpha value is -1.94. The second-order valence-corrected chi connectivity index (χ2v) is 30.7. The number of hydrogen-bond donors (Lipinski definition) is 3. The average Bonchev–Trinajstić information content (AvgIpc) is 1.94. The van der Waals surface area contributed by atoms with Gasteiger partial charge < -0.3 is 33.8 Å². The fraction of sp³-hybridized carbons (Fsp3) is 0.945. The van der Waals surface area contributed by atoms with E-state index in [4.69, 9.17) is 37.0 Å². The molecule has 0 aromatic carbocycles. The second-order valence-electron chi connectivity index (χ2n) is 27.8. The zero-order chi connectivity index (χ0) is 68.0. The molecule has 5 atom stereocenters. The molecule has 0 aliphatic rings. The summed E-state index contributed by atoms with van der Waals surface area (Å²) in [4.78, 5) is 72.6. The number of phosphoric acid groups is 2. The third kappa shape index (κ3) is 66.7. The quantitative estimate of drug-likeness (QED) is 0.0222. The fourth-order valence-corrected chi connectivity index (χ4v) is 12.7. The van der Waals surface area contributed by atoms with E-state index in [1.807, 2.05) is 0 Å². The highest BCUT2D eigenvalue weighted by Gasteiger charge is 2.30. The van der Waals surface area contributed by atoms with Crippen LogP contribution in [0.2, 0.25) is 0 Å². The van der Waals surface area contributed by atoms with Crippen molar-refractivity contribution in [3.8, 4) is 0 Å². The summed E-state index contributed by atoms with van der Waals surface area (Å²) in [7, 11) is -9.90. The van der Waals surface area contributed by atoms with Crippen molar-refractivity contribution in [2.75, 3.05) is 39.6 Å². The molecule has 2 unspecified atom stereocenters. The predicted octanol–water partition coefficient (Wildman–Crippen LogP) is 21.0. The first-order valence-electron chi connectivity index (χ1n) is 37.8. The summed E-state index contributed by atoms with van der Waals surface area (Å²) in [6.07, 6.45) is 48.6. The summed E-state index contributed by atoms with van der Waals surface area (Å²) < 4.78 is 68.4. The summed E-state index contributed by atoms with van der Waals surface area (Å²) >= 11 is 0. The predicted molar refractivity (Wildman–Crippen MR) is 372 cm³/mol. The molecule has 0 bridgehead atoms. The number of rotatable bonds is 71. The number of carbonyl (C=O) groups is 4. The van der Waals surface area contributed by atoms with E-state index in [9.17, 15) is 43.2 Å². The molecule has 0 aromatic rings. The Morgan fingerprint density at radius 3 is 0.739 bits per heavy atom. The SMILES string of the molecule is CCCCCCCCCCCC(=O)OC[C@H](COP(=O)(O)OC[C@H](O)COP(=O)(O)OC[C@@H](COC(=O)CCCCCCCCCCCCCCCC(C)C)OC(=O)CCCCCCCCCCCCCCCC(C)C)OC(=O)CCCCCCCCCCC(C)C. The van der Waals surface area contributed by atoms with Gasteiger partial charge in [-0.25, -0.2) is 9.13 Å². The van der Waals surface area contributed by atoms with Gasteiger partial charge in [-0.2, -0.15) is 0 Å². The molecule has 17 nitrogen and oxygen atoms in total. The van der Waals surface area contributed by atoms with Crippen molar-refractivity contribution < 1.29 is 80.2 Å². The summed E-state index contributed by atoms with van der Waals surface area (Å²) in [5.74, 6) is 0.172. The van der Waals surface area contributed by atoms with Gasteiger partial charge in [0, 0.05) is 25.7 Å². The van der Waals surface area contributed by atoms with E-state index in [1.54, 1.807) is 0 Å². The lowest BCUT2D eigenvalue weighted by molar-refractivity contribution is -0.161. The van der Waals surface area contributed by atoms with Gasteiger partial charge in [-0.1, -0.05) is 318 Å². The van der Waals surface area contributed by atoms with E-state index >= 15 is 0 Å². The number of carbonyl (C=O) groups excluding carboxylic acids is 4. The summed E-state index contributed by atoms with van der Waals surface area (Å²) in [5.41, 5.74) is 0. The van der Waals surface area contributed by atoms with Crippen LogP contribution < -0.4 is 0 Å². The minimum atomic E-state index is -4.96. The van der Waals surface area contributed by atoms with Gasteiger partial charge in [-0.15, -0.1) is 0 Å². The van der Waals surface area contributed by atoms with Gasteiger partial charge in [0.25, 0.3) is 0 Å². The molecule has 0 saturated carbocycles. The molecule has 19 heteroatoms. The number of phosphoric ester groups is 2. The lowest BCUT2D eigenvalue weighted by atomic mass is 10.0. The normalized spacial score (nSPS) is 14.1. The molecule has 0 aromatic heterocycles. The number of aliphatic hydroxyl groups is 1. The van der Waals surface area contributed by atoms with Crippen LogP contribution in [0.15, 0.2) is 0 Å². The Labute approximate surface area is 562 Å². The minimum Gasteiger partial charge on any atom is -0.462 e. The Bertz CT molecular complexity index is 1800. The highest BCUT2D eigenvalue weighted by molar-refractivity contribution is 7.47. The van der Waals surface area contributed by atoms with Crippen molar-refractivity contribution >= 4 is 39.5 Å². The molecule has 0 amide bonds. The molecular formula is C73H142O17P2. The summed E-state index contributed by atoms with van der Waals surface area (Å²) in [6, 6.07) is 0. The van der Waals surface area contributed by atoms with E-state index < -0.39 is 97.5 Å². The monoisotopic (exact) mass is 1350 g/mol. The zero-order valence-electron chi connectivity index (χ0n) is 60.0. The first-order valence-corrected chi connectivity index (χ1v) is 40.8. The van der Waals surface area contributed by atoms with Crippen LogP contribution in [0.1, 0.15) is 370 Å². The number of aliphatic hydroxyl groups excluding tert-OH is 1. The lowest BCUT2D eigenvalue weighted by Crippen LogP contribution is -2.30. The van der Waals surface area contributed by atoms with Crippen LogP contribution in [0.25, 0.3) is 0 Å². The molecular weight excluding hydrogens is 1210 g/mol. The summed E-state index contributed by atoms with van der Waals surface area (Å²) in [6.45, 7) is 11.9. The Kier molecular flexibility index (Phi) is 62.4. The van der Waals surface area contributed by atoms with Crippen LogP contribution in [-0.2, 0) is 65.4 Å². The molecule has 0 saturated heterocycles. The van der Waals surface area contributed by atoms with E-state index in [2.05, 4.69) is 48.5 Å². The highest BCUT2D eigenvalue weighted by Crippen LogP contribution is 2.45. The van der Waals surface area contributed by atoms with Crippen molar-refractivity contribution in [3.63, 3.8) is 0 Å². The Morgan fingerprint density at radius 2 is 0.500 bits per heavy atom. The fourth-order valence-electron chi connectivity index (χ4n) is 11.1. The molecule has 0 heterocycles. The van der Waals surface area contributed by atoms with Crippen molar-refractivity contribution in [1.82, 2.24) is 0 Å². The highest BCUT2D eigenvalue weighted by atomic mass is 31.2. The lowest BCUT2D eigenvalue weighted by Gasteiger charge is -2.21. The molecule has 546 valence electrons. The van der Waals surface area contributed by atoms with E-state index in [0.29, 0.717) is 25.7 Å². The molecule has 0 radical (unpaired) electrons. The zero-order valence-corrected chi connectivity index (χ0v) is 61.8. The van der Waals surface area contributed by atoms with Crippen LogP contribution in [0, 0.1) is 17.8 Å². The molecule has 0 fully saturated rings. The number of unbranched alkanes of at least 4 members (excludes halogenated alkanes) is 39. The third-order valence-corrected chi connectivity index (χ3v) is 18.8. The van der Waals surface area contributed by atoms with Crippen LogP contribution in [0.4, 0.5) is 0 Å². The van der Waals surface area contributed by atoms with E-state index in [-0.39, 0.29) is 25.7 Å². The maximum Gasteiger partial charge on any atom is 0.472 e. The summed E-state index contributed by atoms with van der Waals surface area (Å²) in [5, 5.41) is 10.6. The van der Waals surface area contributed by atoms with Crippen LogP contribution in [-0.4, -0.2) is 96.7 Å². The van der Waals surface area contributed by atoms with Gasteiger partial charge in [0.1, 0.15) is 19.3 Å². The molecule has 3 N–H and O–H groups in total. The maximum atomic E-state index is 13.1. The van der Waals surface area contributed by atoms with E-state index in [1.165, 1.54) is 180 Å². The molecule has 0 aliphatic carbocycles. The maximum absolute atomic E-state index is 13.1. The van der Waals surface area contributed by atoms with Gasteiger partial charge in [0.15, 0.2) is 12.2 Å². The number of hydrogen-bond acceptors (Lipinski definition) is 15. The molecule has 0 spiro atoms. The van der Waals surface area contributed by atoms with Gasteiger partial charge in [-0.3, -0.25) is 37.3 Å². The largest absolute Gasteiger partial charge is 0.472 e. The van der Waals surface area contributed by atoms with Crippen LogP contribution in [0.3, 0.4) is 0 Å². The van der Waals surface area contributed by atoms with Crippen molar-refractivity contribution in [1.29, 1.82) is 0 Å². The van der Waals surface area contributed by atoms with Crippen molar-refractivity contribution in [2.24, 2.45) is 17.8 Å². The first kappa shape index (κ1) is 90.1. The van der Waals surface area contributed by atoms with Gasteiger partial charge >= 0.3 is 39.5 Å². The smallest absolute Gasteiger partial charge is 0.462 e. The molecule has 0 rings (SSSR count). The first-order chi connectivity index (χ1) is 44.2. The van der Waals surface area contributed by atoms with Crippen LogP contribution >= 0.6 is 15.6 Å². The van der Waals surface area contributed by atoms with Crippen molar-refractivity contribution in [3.05, 3.63) is 0 Å². The van der Waals surface area contributed by atoms with E-state index in [0.717, 1.165) is 108 Å². The Balaban J connectivity index is 5.23. The topological polar surface area (TPSA) is 237 Å². The minimum absolute atomic E-state index is 0.104. The molecule has 0 aliphatic heterocycles. The van der Waals surface area contributed by atoms with Crippen LogP contribution in [0.5, 0.6) is 0 Å². The number of esters is 4. The third-order valence-electron chi connectivity index (χ3n) is 16.9. The van der Waals surface area contributed by atoms with Crippen molar-refractivity contribution in [2.45, 2.75) is 388 Å². The van der Waals surface area contributed by atoms with Gasteiger partial charge in [-0.05, 0) is 43.4 Å².